The second-order valence-electron chi connectivity index (χ2n) is 6.34. The van der Waals surface area contributed by atoms with Crippen LogP contribution in [0.2, 0.25) is 0 Å². The minimum Gasteiger partial charge on any atom is -0.478 e. The van der Waals surface area contributed by atoms with Crippen LogP contribution in [-0.2, 0) is 12.8 Å². The SMILES string of the molecule is CC1(C)CCc2nc3c(F)cc(F)cc3c(C(=O)O)c2C1. The number of fused-ring (bicyclic) bond motifs is 2. The van der Waals surface area contributed by atoms with E-state index in [2.05, 4.69) is 18.8 Å². The Kier molecular flexibility index (Phi) is 2.97. The van der Waals surface area contributed by atoms with E-state index >= 15 is 0 Å². The van der Waals surface area contributed by atoms with E-state index in [0.29, 0.717) is 24.1 Å². The maximum atomic E-state index is 13.9. The summed E-state index contributed by atoms with van der Waals surface area (Å²) in [7, 11) is 0. The molecule has 0 saturated heterocycles. The minimum atomic E-state index is -1.17. The highest BCUT2D eigenvalue weighted by atomic mass is 19.1. The number of carbonyl (C=O) groups is 1. The van der Waals surface area contributed by atoms with Gasteiger partial charge >= 0.3 is 5.97 Å². The summed E-state index contributed by atoms with van der Waals surface area (Å²) in [6.45, 7) is 4.11. The van der Waals surface area contributed by atoms with Crippen molar-refractivity contribution in [3.05, 3.63) is 40.6 Å². The van der Waals surface area contributed by atoms with E-state index in [9.17, 15) is 18.7 Å². The van der Waals surface area contributed by atoms with Gasteiger partial charge in [-0.1, -0.05) is 13.8 Å². The fourth-order valence-corrected chi connectivity index (χ4v) is 3.04. The topological polar surface area (TPSA) is 50.2 Å². The number of hydrogen-bond acceptors (Lipinski definition) is 2. The normalized spacial score (nSPS) is 16.8. The molecule has 1 aromatic heterocycles. The Morgan fingerprint density at radius 2 is 2.05 bits per heavy atom. The number of aromatic nitrogens is 1. The van der Waals surface area contributed by atoms with Gasteiger partial charge in [0.15, 0.2) is 5.82 Å². The molecule has 0 spiro atoms. The molecule has 0 amide bonds. The van der Waals surface area contributed by atoms with Crippen molar-refractivity contribution in [1.29, 1.82) is 0 Å². The molecule has 0 radical (unpaired) electrons. The van der Waals surface area contributed by atoms with Gasteiger partial charge in [-0.25, -0.2) is 18.6 Å². The maximum absolute atomic E-state index is 13.9. The van der Waals surface area contributed by atoms with Gasteiger partial charge in [0.25, 0.3) is 0 Å². The van der Waals surface area contributed by atoms with Crippen molar-refractivity contribution in [1.82, 2.24) is 4.98 Å². The molecular weight excluding hydrogens is 276 g/mol. The summed E-state index contributed by atoms with van der Waals surface area (Å²) in [4.78, 5) is 15.9. The Morgan fingerprint density at radius 3 is 2.71 bits per heavy atom. The fraction of sp³-hybridized carbons (Fsp3) is 0.375. The van der Waals surface area contributed by atoms with Gasteiger partial charge in [0.1, 0.15) is 11.3 Å². The summed E-state index contributed by atoms with van der Waals surface area (Å²) in [6, 6.07) is 1.79. The van der Waals surface area contributed by atoms with Gasteiger partial charge in [-0.05, 0) is 36.3 Å². The molecule has 0 unspecified atom stereocenters. The van der Waals surface area contributed by atoms with Crippen molar-refractivity contribution < 1.29 is 18.7 Å². The summed E-state index contributed by atoms with van der Waals surface area (Å²) >= 11 is 0. The summed E-state index contributed by atoms with van der Waals surface area (Å²) in [5.74, 6) is -2.78. The molecule has 1 aliphatic carbocycles. The number of carboxylic acids is 1. The van der Waals surface area contributed by atoms with Gasteiger partial charge in [-0.2, -0.15) is 0 Å². The maximum Gasteiger partial charge on any atom is 0.336 e. The van der Waals surface area contributed by atoms with Gasteiger partial charge in [-0.15, -0.1) is 0 Å². The average molecular weight is 291 g/mol. The summed E-state index contributed by atoms with van der Waals surface area (Å²) in [5.41, 5.74) is 1.10. The minimum absolute atomic E-state index is 0.0128. The molecule has 5 heteroatoms. The second kappa shape index (κ2) is 4.48. The average Bonchev–Trinajstić information content (AvgIpc) is 2.35. The number of carboxylic acid groups (broad SMARTS) is 1. The molecule has 3 nitrogen and oxygen atoms in total. The van der Waals surface area contributed by atoms with Crippen molar-refractivity contribution >= 4 is 16.9 Å². The smallest absolute Gasteiger partial charge is 0.336 e. The predicted octanol–water partition coefficient (Wildman–Crippen LogP) is 3.73. The van der Waals surface area contributed by atoms with Gasteiger partial charge in [0.05, 0.1) is 5.56 Å². The third kappa shape index (κ3) is 2.26. The van der Waals surface area contributed by atoms with Crippen LogP contribution >= 0.6 is 0 Å². The third-order valence-corrected chi connectivity index (χ3v) is 4.10. The van der Waals surface area contributed by atoms with E-state index in [-0.39, 0.29) is 21.9 Å². The van der Waals surface area contributed by atoms with Crippen molar-refractivity contribution in [2.75, 3.05) is 0 Å². The lowest BCUT2D eigenvalue weighted by Gasteiger charge is -2.31. The highest BCUT2D eigenvalue weighted by Crippen LogP contribution is 2.38. The van der Waals surface area contributed by atoms with Crippen LogP contribution in [0.4, 0.5) is 8.78 Å². The number of nitrogens with zero attached hydrogens (tertiary/aromatic N) is 1. The molecule has 1 aromatic carbocycles. The van der Waals surface area contributed by atoms with Crippen molar-refractivity contribution in [3.8, 4) is 0 Å². The Labute approximate surface area is 120 Å². The molecule has 0 atom stereocenters. The number of aryl methyl sites for hydroxylation is 1. The number of benzene rings is 1. The zero-order valence-electron chi connectivity index (χ0n) is 11.8. The van der Waals surface area contributed by atoms with Gasteiger partial charge < -0.3 is 5.11 Å². The Bertz CT molecular complexity index is 769. The first kappa shape index (κ1) is 13.9. The second-order valence-corrected chi connectivity index (χ2v) is 6.34. The van der Waals surface area contributed by atoms with Crippen LogP contribution in [0.25, 0.3) is 10.9 Å². The molecular formula is C16H15F2NO2. The molecule has 110 valence electrons. The van der Waals surface area contributed by atoms with E-state index < -0.39 is 17.6 Å². The van der Waals surface area contributed by atoms with Crippen LogP contribution in [0.5, 0.6) is 0 Å². The highest BCUT2D eigenvalue weighted by molar-refractivity contribution is 6.04. The van der Waals surface area contributed by atoms with E-state index in [4.69, 9.17) is 0 Å². The lowest BCUT2D eigenvalue weighted by molar-refractivity contribution is 0.0696. The lowest BCUT2D eigenvalue weighted by Crippen LogP contribution is -2.25. The molecule has 21 heavy (non-hydrogen) atoms. The van der Waals surface area contributed by atoms with E-state index in [1.807, 2.05) is 0 Å². The lowest BCUT2D eigenvalue weighted by atomic mass is 9.74. The van der Waals surface area contributed by atoms with E-state index in [1.165, 1.54) is 0 Å². The van der Waals surface area contributed by atoms with Crippen LogP contribution in [0.15, 0.2) is 12.1 Å². The predicted molar refractivity (Wildman–Crippen MR) is 74.4 cm³/mol. The fourth-order valence-electron chi connectivity index (χ4n) is 3.04. The van der Waals surface area contributed by atoms with Crippen LogP contribution in [0.3, 0.4) is 0 Å². The molecule has 0 saturated carbocycles. The Morgan fingerprint density at radius 1 is 1.33 bits per heavy atom. The summed E-state index contributed by atoms with van der Waals surface area (Å²) < 4.78 is 27.4. The molecule has 1 N–H and O–H groups in total. The molecule has 0 aliphatic heterocycles. The first-order chi connectivity index (χ1) is 9.78. The highest BCUT2D eigenvalue weighted by Gasteiger charge is 2.31. The zero-order chi connectivity index (χ0) is 15.4. The van der Waals surface area contributed by atoms with Gasteiger partial charge in [-0.3, -0.25) is 0 Å². The number of hydrogen-bond donors (Lipinski definition) is 1. The molecule has 1 aliphatic rings. The van der Waals surface area contributed by atoms with Crippen molar-refractivity contribution in [2.24, 2.45) is 5.41 Å². The number of aromatic carboxylic acids is 1. The zero-order valence-corrected chi connectivity index (χ0v) is 11.8. The van der Waals surface area contributed by atoms with Gasteiger partial charge in [0, 0.05) is 17.1 Å². The standard InChI is InChI=1S/C16H15F2NO2/c1-16(2)4-3-12-10(7-16)13(15(20)21)9-5-8(17)6-11(18)14(9)19-12/h5-6H,3-4,7H2,1-2H3,(H,20,21). The number of halogens is 2. The third-order valence-electron chi connectivity index (χ3n) is 4.10. The number of pyridine rings is 1. The van der Waals surface area contributed by atoms with E-state index in [1.54, 1.807) is 0 Å². The molecule has 0 fully saturated rings. The first-order valence-electron chi connectivity index (χ1n) is 6.82. The summed E-state index contributed by atoms with van der Waals surface area (Å²) in [5, 5.41) is 9.56. The van der Waals surface area contributed by atoms with Crippen LogP contribution in [-0.4, -0.2) is 16.1 Å². The molecule has 2 aromatic rings. The van der Waals surface area contributed by atoms with Gasteiger partial charge in [0.2, 0.25) is 0 Å². The van der Waals surface area contributed by atoms with Crippen molar-refractivity contribution in [2.45, 2.75) is 33.1 Å². The van der Waals surface area contributed by atoms with Crippen LogP contribution in [0, 0.1) is 17.0 Å². The first-order valence-corrected chi connectivity index (χ1v) is 6.82. The van der Waals surface area contributed by atoms with E-state index in [0.717, 1.165) is 18.6 Å². The van der Waals surface area contributed by atoms with Crippen LogP contribution in [0.1, 0.15) is 41.9 Å². The quantitative estimate of drug-likeness (QED) is 0.871. The molecule has 3 rings (SSSR count). The summed E-state index contributed by atoms with van der Waals surface area (Å²) in [6.07, 6.45) is 2.01. The molecule has 0 bridgehead atoms. The Balaban J connectivity index is 2.41. The Hall–Kier alpha value is -2.04. The van der Waals surface area contributed by atoms with Crippen LogP contribution < -0.4 is 0 Å². The molecule has 1 heterocycles. The number of rotatable bonds is 1. The largest absolute Gasteiger partial charge is 0.478 e. The van der Waals surface area contributed by atoms with Crippen molar-refractivity contribution in [3.63, 3.8) is 0 Å². The monoisotopic (exact) mass is 291 g/mol.